The number of nitrogens with two attached hydrogens (primary N) is 1. The molecule has 4 unspecified atom stereocenters. The second-order valence-electron chi connectivity index (χ2n) is 13.4. The molecule has 0 radical (unpaired) electrons. The highest BCUT2D eigenvalue weighted by Crippen LogP contribution is 2.32. The summed E-state index contributed by atoms with van der Waals surface area (Å²) in [6.07, 6.45) is 11.6. The Balaban J connectivity index is 1.66. The van der Waals surface area contributed by atoms with Crippen molar-refractivity contribution in [3.8, 4) is 0 Å². The van der Waals surface area contributed by atoms with E-state index < -0.39 is 0 Å². The first-order valence-corrected chi connectivity index (χ1v) is 16.7. The second kappa shape index (κ2) is 17.4. The number of nitrogens with zero attached hydrogens (tertiary/aromatic N) is 5. The molecule has 1 saturated heterocycles. The average Bonchev–Trinajstić information content (AvgIpc) is 3.41. The SMILES string of the molecule is CCCCCN(CCC(CC(C)c1nc(N)nc2[nH]cnc12)C(C)C)CC(CC)C1COCCN1CCCC(C)C. The van der Waals surface area contributed by atoms with E-state index in [0.29, 0.717) is 29.7 Å². The second-order valence-corrected chi connectivity index (χ2v) is 13.4. The highest BCUT2D eigenvalue weighted by atomic mass is 16.5. The van der Waals surface area contributed by atoms with Crippen LogP contribution in [0.4, 0.5) is 5.95 Å². The summed E-state index contributed by atoms with van der Waals surface area (Å²) in [5.74, 6) is 3.23. The van der Waals surface area contributed by atoms with Crippen LogP contribution in [0.3, 0.4) is 0 Å². The number of aromatic amines is 1. The van der Waals surface area contributed by atoms with Gasteiger partial charge in [0, 0.05) is 25.0 Å². The Morgan fingerprint density at radius 1 is 1.07 bits per heavy atom. The summed E-state index contributed by atoms with van der Waals surface area (Å²) < 4.78 is 6.06. The van der Waals surface area contributed by atoms with Gasteiger partial charge in [-0.3, -0.25) is 4.90 Å². The van der Waals surface area contributed by atoms with Gasteiger partial charge in [-0.1, -0.05) is 67.7 Å². The fraction of sp³-hybridized carbons (Fsp3) is 0.848. The van der Waals surface area contributed by atoms with E-state index in [9.17, 15) is 0 Å². The van der Waals surface area contributed by atoms with Gasteiger partial charge in [-0.15, -0.1) is 0 Å². The summed E-state index contributed by atoms with van der Waals surface area (Å²) >= 11 is 0. The first kappa shape index (κ1) is 33.7. The van der Waals surface area contributed by atoms with Gasteiger partial charge in [-0.25, -0.2) is 9.97 Å². The number of morpholine rings is 1. The van der Waals surface area contributed by atoms with Crippen molar-refractivity contribution in [1.29, 1.82) is 0 Å². The molecule has 3 N–H and O–H groups in total. The van der Waals surface area contributed by atoms with Crippen LogP contribution in [-0.2, 0) is 4.74 Å². The van der Waals surface area contributed by atoms with E-state index in [0.717, 1.165) is 55.5 Å². The van der Waals surface area contributed by atoms with Gasteiger partial charge in [0.25, 0.3) is 0 Å². The molecule has 0 aromatic carbocycles. The number of fused-ring (bicyclic) bond motifs is 1. The van der Waals surface area contributed by atoms with Crippen LogP contribution >= 0.6 is 0 Å². The molecular formula is C33H61N7O. The highest BCUT2D eigenvalue weighted by molar-refractivity contribution is 5.74. The molecule has 0 aliphatic carbocycles. The lowest BCUT2D eigenvalue weighted by molar-refractivity contribution is -0.0377. The van der Waals surface area contributed by atoms with Crippen molar-refractivity contribution < 1.29 is 4.74 Å². The number of hydrogen-bond donors (Lipinski definition) is 2. The Labute approximate surface area is 250 Å². The predicted molar refractivity (Wildman–Crippen MR) is 172 cm³/mol. The minimum absolute atomic E-state index is 0.272. The van der Waals surface area contributed by atoms with E-state index >= 15 is 0 Å². The topological polar surface area (TPSA) is 96.2 Å². The molecule has 0 bridgehead atoms. The van der Waals surface area contributed by atoms with Crippen molar-refractivity contribution in [2.24, 2.45) is 23.7 Å². The standard InChI is InChI=1S/C33H61N7O/c1-8-10-11-15-39(21-27(9-2)29-22-41-19-18-40(29)16-12-13-24(3)4)17-14-28(25(5)6)20-26(7)30-31-32(36-23-35-31)38-33(34)37-30/h23-29H,8-22H2,1-7H3,(H3,34,35,36,37,38). The van der Waals surface area contributed by atoms with E-state index in [2.05, 4.69) is 78.2 Å². The Kier molecular flexibility index (Phi) is 14.3. The van der Waals surface area contributed by atoms with Gasteiger partial charge < -0.3 is 20.4 Å². The van der Waals surface area contributed by atoms with Crippen molar-refractivity contribution in [3.63, 3.8) is 0 Å². The van der Waals surface area contributed by atoms with Crippen molar-refractivity contribution in [1.82, 2.24) is 29.7 Å². The number of rotatable bonds is 19. The van der Waals surface area contributed by atoms with Gasteiger partial charge >= 0.3 is 0 Å². The number of nitrogens with one attached hydrogen (secondary N) is 1. The molecule has 1 aliphatic heterocycles. The molecule has 0 amide bonds. The summed E-state index contributed by atoms with van der Waals surface area (Å²) in [4.78, 5) is 22.1. The predicted octanol–water partition coefficient (Wildman–Crippen LogP) is 6.75. The van der Waals surface area contributed by atoms with Crippen LogP contribution in [0, 0.1) is 23.7 Å². The van der Waals surface area contributed by atoms with Gasteiger partial charge in [-0.05, 0) is 75.4 Å². The molecule has 8 heteroatoms. The molecule has 0 saturated carbocycles. The van der Waals surface area contributed by atoms with E-state index in [4.69, 9.17) is 10.5 Å². The number of anilines is 1. The summed E-state index contributed by atoms with van der Waals surface area (Å²) in [7, 11) is 0. The molecule has 8 nitrogen and oxygen atoms in total. The minimum atomic E-state index is 0.272. The van der Waals surface area contributed by atoms with Crippen LogP contribution < -0.4 is 5.73 Å². The summed E-state index contributed by atoms with van der Waals surface area (Å²) in [5, 5.41) is 0. The first-order valence-electron chi connectivity index (χ1n) is 16.7. The fourth-order valence-electron chi connectivity index (χ4n) is 6.66. The van der Waals surface area contributed by atoms with E-state index in [1.165, 1.54) is 64.6 Å². The Bertz CT molecular complexity index is 993. The normalized spacial score (nSPS) is 19.0. The Hall–Kier alpha value is -1.77. The molecule has 41 heavy (non-hydrogen) atoms. The van der Waals surface area contributed by atoms with Crippen molar-refractivity contribution in [3.05, 3.63) is 12.0 Å². The molecular weight excluding hydrogens is 510 g/mol. The first-order chi connectivity index (χ1) is 19.7. The van der Waals surface area contributed by atoms with Crippen LogP contribution in [0.2, 0.25) is 0 Å². The van der Waals surface area contributed by atoms with E-state index in [1.54, 1.807) is 6.33 Å². The molecule has 1 aliphatic rings. The third-order valence-electron chi connectivity index (χ3n) is 9.35. The molecule has 0 spiro atoms. The van der Waals surface area contributed by atoms with Gasteiger partial charge in [0.1, 0.15) is 5.52 Å². The van der Waals surface area contributed by atoms with Crippen molar-refractivity contribution >= 4 is 17.1 Å². The monoisotopic (exact) mass is 571 g/mol. The van der Waals surface area contributed by atoms with E-state index in [-0.39, 0.29) is 5.92 Å². The molecule has 2 aromatic rings. The molecule has 3 heterocycles. The summed E-state index contributed by atoms with van der Waals surface area (Å²) in [6.45, 7) is 24.0. The number of imidazole rings is 1. The zero-order chi connectivity index (χ0) is 29.8. The van der Waals surface area contributed by atoms with Crippen LogP contribution in [0.15, 0.2) is 6.33 Å². The maximum absolute atomic E-state index is 6.06. The van der Waals surface area contributed by atoms with Crippen molar-refractivity contribution in [2.45, 2.75) is 112 Å². The zero-order valence-electron chi connectivity index (χ0n) is 27.4. The molecule has 1 fully saturated rings. The van der Waals surface area contributed by atoms with Gasteiger partial charge in [-0.2, -0.15) is 4.98 Å². The average molecular weight is 572 g/mol. The van der Waals surface area contributed by atoms with Gasteiger partial charge in [0.2, 0.25) is 5.95 Å². The highest BCUT2D eigenvalue weighted by Gasteiger charge is 2.31. The Morgan fingerprint density at radius 2 is 1.88 bits per heavy atom. The quantitative estimate of drug-likeness (QED) is 0.180. The molecule has 3 rings (SSSR count). The van der Waals surface area contributed by atoms with Crippen LogP contribution in [0.5, 0.6) is 0 Å². The number of nitrogen functional groups attached to an aromatic ring is 1. The van der Waals surface area contributed by atoms with Gasteiger partial charge in [0.05, 0.1) is 25.2 Å². The molecule has 4 atom stereocenters. The summed E-state index contributed by atoms with van der Waals surface area (Å²) in [5.41, 5.74) is 8.61. The van der Waals surface area contributed by atoms with Crippen LogP contribution in [0.1, 0.15) is 111 Å². The lowest BCUT2D eigenvalue weighted by Crippen LogP contribution is -2.52. The van der Waals surface area contributed by atoms with Crippen molar-refractivity contribution in [2.75, 3.05) is 51.7 Å². The maximum atomic E-state index is 6.06. The lowest BCUT2D eigenvalue weighted by Gasteiger charge is -2.42. The van der Waals surface area contributed by atoms with Crippen LogP contribution in [-0.4, -0.2) is 81.7 Å². The van der Waals surface area contributed by atoms with Crippen LogP contribution in [0.25, 0.3) is 11.2 Å². The lowest BCUT2D eigenvalue weighted by atomic mass is 9.83. The largest absolute Gasteiger partial charge is 0.378 e. The maximum Gasteiger partial charge on any atom is 0.222 e. The Morgan fingerprint density at radius 3 is 2.59 bits per heavy atom. The number of aromatic nitrogens is 4. The fourth-order valence-corrected chi connectivity index (χ4v) is 6.66. The summed E-state index contributed by atoms with van der Waals surface area (Å²) in [6, 6.07) is 0.537. The number of hydrogen-bond acceptors (Lipinski definition) is 7. The zero-order valence-corrected chi connectivity index (χ0v) is 27.4. The third-order valence-corrected chi connectivity index (χ3v) is 9.35. The smallest absolute Gasteiger partial charge is 0.222 e. The molecule has 2 aromatic heterocycles. The van der Waals surface area contributed by atoms with E-state index in [1.807, 2.05) is 0 Å². The number of H-pyrrole nitrogens is 1. The third kappa shape index (κ3) is 10.5. The van der Waals surface area contributed by atoms with Gasteiger partial charge in [0.15, 0.2) is 5.65 Å². The molecule has 234 valence electrons. The minimum Gasteiger partial charge on any atom is -0.378 e. The number of ether oxygens (including phenoxy) is 1. The number of unbranched alkanes of at least 4 members (excludes halogenated alkanes) is 2.